The SMILES string of the molecule is Cc1ccc(C(F)(F)F)cc1C[C@@H]1CO1. The molecule has 15 heavy (non-hydrogen) atoms. The summed E-state index contributed by atoms with van der Waals surface area (Å²) >= 11 is 0. The number of ether oxygens (including phenoxy) is 1. The summed E-state index contributed by atoms with van der Waals surface area (Å²) in [5.74, 6) is 0. The number of aryl methyl sites for hydroxylation is 1. The minimum atomic E-state index is -4.26. The predicted octanol–water partition coefficient (Wildman–Crippen LogP) is 2.96. The Labute approximate surface area is 85.9 Å². The molecule has 1 atom stereocenters. The van der Waals surface area contributed by atoms with Gasteiger partial charge in [0.05, 0.1) is 18.3 Å². The van der Waals surface area contributed by atoms with Crippen molar-refractivity contribution in [2.45, 2.75) is 25.6 Å². The molecule has 2 rings (SSSR count). The Balaban J connectivity index is 2.27. The van der Waals surface area contributed by atoms with E-state index in [-0.39, 0.29) is 6.10 Å². The highest BCUT2D eigenvalue weighted by Crippen LogP contribution is 2.31. The van der Waals surface area contributed by atoms with Gasteiger partial charge in [-0.05, 0) is 30.2 Å². The minimum absolute atomic E-state index is 0.118. The number of hydrogen-bond acceptors (Lipinski definition) is 1. The number of hydrogen-bond donors (Lipinski definition) is 0. The molecule has 0 aliphatic carbocycles. The van der Waals surface area contributed by atoms with Crippen LogP contribution >= 0.6 is 0 Å². The molecule has 0 aromatic heterocycles. The Morgan fingerprint density at radius 2 is 2.07 bits per heavy atom. The van der Waals surface area contributed by atoms with E-state index in [1.807, 2.05) is 6.92 Å². The molecule has 0 N–H and O–H groups in total. The first-order valence-electron chi connectivity index (χ1n) is 4.75. The zero-order chi connectivity index (χ0) is 11.1. The smallest absolute Gasteiger partial charge is 0.373 e. The molecule has 0 radical (unpaired) electrons. The summed E-state index contributed by atoms with van der Waals surface area (Å²) in [4.78, 5) is 0. The molecule has 1 aliphatic rings. The number of benzene rings is 1. The Kier molecular flexibility index (Phi) is 2.46. The van der Waals surface area contributed by atoms with Gasteiger partial charge in [0.15, 0.2) is 0 Å². The topological polar surface area (TPSA) is 12.5 Å². The average Bonchev–Trinajstić information content (AvgIpc) is 2.90. The Bertz CT molecular complexity index is 367. The van der Waals surface area contributed by atoms with Gasteiger partial charge in [0.2, 0.25) is 0 Å². The lowest BCUT2D eigenvalue weighted by atomic mass is 10.0. The van der Waals surface area contributed by atoms with Gasteiger partial charge in [-0.1, -0.05) is 6.07 Å². The third-order valence-corrected chi connectivity index (χ3v) is 2.53. The molecular weight excluding hydrogens is 205 g/mol. The zero-order valence-electron chi connectivity index (χ0n) is 8.27. The Morgan fingerprint density at radius 1 is 1.40 bits per heavy atom. The fourth-order valence-corrected chi connectivity index (χ4v) is 1.50. The van der Waals surface area contributed by atoms with E-state index in [1.54, 1.807) is 0 Å². The van der Waals surface area contributed by atoms with Crippen LogP contribution in [-0.2, 0) is 17.3 Å². The second kappa shape index (κ2) is 3.52. The van der Waals surface area contributed by atoms with Gasteiger partial charge in [-0.15, -0.1) is 0 Å². The lowest BCUT2D eigenvalue weighted by Crippen LogP contribution is -2.07. The number of alkyl halides is 3. The van der Waals surface area contributed by atoms with Gasteiger partial charge in [-0.25, -0.2) is 0 Å². The standard InChI is InChI=1S/C11H11F3O/c1-7-2-3-9(11(12,13)14)4-8(7)5-10-6-15-10/h2-4,10H,5-6H2,1H3/t10-/m1/s1. The quantitative estimate of drug-likeness (QED) is 0.692. The van der Waals surface area contributed by atoms with Gasteiger partial charge in [-0.2, -0.15) is 13.2 Å². The van der Waals surface area contributed by atoms with Crippen LogP contribution < -0.4 is 0 Å². The summed E-state index contributed by atoms with van der Waals surface area (Å²) in [6.45, 7) is 2.48. The highest BCUT2D eigenvalue weighted by atomic mass is 19.4. The third kappa shape index (κ3) is 2.50. The van der Waals surface area contributed by atoms with Crippen LogP contribution in [0.2, 0.25) is 0 Å². The van der Waals surface area contributed by atoms with Crippen LogP contribution in [0.3, 0.4) is 0 Å². The van der Waals surface area contributed by atoms with Crippen molar-refractivity contribution in [2.75, 3.05) is 6.61 Å². The second-order valence-corrected chi connectivity index (χ2v) is 3.80. The lowest BCUT2D eigenvalue weighted by Gasteiger charge is -2.10. The second-order valence-electron chi connectivity index (χ2n) is 3.80. The Hall–Kier alpha value is -1.03. The highest BCUT2D eigenvalue weighted by Gasteiger charge is 2.31. The van der Waals surface area contributed by atoms with Gasteiger partial charge >= 0.3 is 6.18 Å². The van der Waals surface area contributed by atoms with Gasteiger partial charge in [0.1, 0.15) is 0 Å². The van der Waals surface area contributed by atoms with Crippen molar-refractivity contribution in [3.63, 3.8) is 0 Å². The molecule has 0 amide bonds. The van der Waals surface area contributed by atoms with E-state index in [0.29, 0.717) is 13.0 Å². The predicted molar refractivity (Wildman–Crippen MR) is 49.6 cm³/mol. The molecule has 0 saturated carbocycles. The molecule has 0 spiro atoms. The average molecular weight is 216 g/mol. The van der Waals surface area contributed by atoms with Crippen LogP contribution in [0.5, 0.6) is 0 Å². The molecule has 82 valence electrons. The van der Waals surface area contributed by atoms with Crippen molar-refractivity contribution in [3.8, 4) is 0 Å². The summed E-state index contributed by atoms with van der Waals surface area (Å²) < 4.78 is 42.3. The molecule has 1 aromatic carbocycles. The van der Waals surface area contributed by atoms with Crippen LogP contribution in [-0.4, -0.2) is 12.7 Å². The van der Waals surface area contributed by atoms with Gasteiger partial charge in [0.25, 0.3) is 0 Å². The maximum absolute atomic E-state index is 12.4. The first-order chi connectivity index (χ1) is 6.97. The zero-order valence-corrected chi connectivity index (χ0v) is 8.27. The normalized spacial score (nSPS) is 20.4. The summed E-state index contributed by atoms with van der Waals surface area (Å²) in [6, 6.07) is 3.85. The number of epoxide rings is 1. The monoisotopic (exact) mass is 216 g/mol. The summed E-state index contributed by atoms with van der Waals surface area (Å²) in [6.07, 6.45) is -3.56. The van der Waals surface area contributed by atoms with Crippen LogP contribution in [0, 0.1) is 6.92 Å². The fourth-order valence-electron chi connectivity index (χ4n) is 1.50. The van der Waals surface area contributed by atoms with E-state index in [9.17, 15) is 13.2 Å². The summed E-state index contributed by atoms with van der Waals surface area (Å²) in [5, 5.41) is 0. The third-order valence-electron chi connectivity index (χ3n) is 2.53. The first kappa shape index (κ1) is 10.5. The number of rotatable bonds is 2. The molecule has 1 nitrogen and oxygen atoms in total. The van der Waals surface area contributed by atoms with E-state index >= 15 is 0 Å². The van der Waals surface area contributed by atoms with E-state index in [4.69, 9.17) is 4.74 Å². The van der Waals surface area contributed by atoms with Crippen molar-refractivity contribution in [1.29, 1.82) is 0 Å². The van der Waals surface area contributed by atoms with Crippen LogP contribution in [0.15, 0.2) is 18.2 Å². The van der Waals surface area contributed by atoms with Gasteiger partial charge in [0, 0.05) is 6.42 Å². The molecule has 0 unspecified atom stereocenters. The van der Waals surface area contributed by atoms with Gasteiger partial charge < -0.3 is 4.74 Å². The summed E-state index contributed by atoms with van der Waals surface area (Å²) in [5.41, 5.74) is 1.04. The maximum atomic E-state index is 12.4. The van der Waals surface area contributed by atoms with Crippen molar-refractivity contribution < 1.29 is 17.9 Å². The molecule has 0 bridgehead atoms. The van der Waals surface area contributed by atoms with Crippen LogP contribution in [0.25, 0.3) is 0 Å². The van der Waals surface area contributed by atoms with Crippen molar-refractivity contribution in [3.05, 3.63) is 34.9 Å². The molecule has 1 heterocycles. The van der Waals surface area contributed by atoms with Gasteiger partial charge in [-0.3, -0.25) is 0 Å². The van der Waals surface area contributed by atoms with E-state index in [2.05, 4.69) is 0 Å². The lowest BCUT2D eigenvalue weighted by molar-refractivity contribution is -0.137. The van der Waals surface area contributed by atoms with Crippen molar-refractivity contribution in [1.82, 2.24) is 0 Å². The van der Waals surface area contributed by atoms with E-state index in [0.717, 1.165) is 17.2 Å². The minimum Gasteiger partial charge on any atom is -0.373 e. The molecule has 1 fully saturated rings. The van der Waals surface area contributed by atoms with E-state index in [1.165, 1.54) is 12.1 Å². The molecule has 1 aromatic rings. The van der Waals surface area contributed by atoms with Crippen LogP contribution in [0.1, 0.15) is 16.7 Å². The fraction of sp³-hybridized carbons (Fsp3) is 0.455. The Morgan fingerprint density at radius 3 is 2.60 bits per heavy atom. The molecular formula is C11H11F3O. The molecule has 4 heteroatoms. The summed E-state index contributed by atoms with van der Waals surface area (Å²) in [7, 11) is 0. The molecule has 1 saturated heterocycles. The first-order valence-corrected chi connectivity index (χ1v) is 4.75. The van der Waals surface area contributed by atoms with E-state index < -0.39 is 11.7 Å². The maximum Gasteiger partial charge on any atom is 0.416 e. The molecule has 1 aliphatic heterocycles. The van der Waals surface area contributed by atoms with Crippen molar-refractivity contribution >= 4 is 0 Å². The van der Waals surface area contributed by atoms with Crippen LogP contribution in [0.4, 0.5) is 13.2 Å². The largest absolute Gasteiger partial charge is 0.416 e. The number of halogens is 3. The van der Waals surface area contributed by atoms with Crippen molar-refractivity contribution in [2.24, 2.45) is 0 Å². The highest BCUT2D eigenvalue weighted by molar-refractivity contribution is 5.33.